The monoisotopic (exact) mass is 301 g/mol. The largest absolute Gasteiger partial charge is 0.390 e. The van der Waals surface area contributed by atoms with Crippen LogP contribution in [0.3, 0.4) is 0 Å². The van der Waals surface area contributed by atoms with Gasteiger partial charge in [-0.2, -0.15) is 0 Å². The highest BCUT2D eigenvalue weighted by atomic mass is 32.2. The number of aliphatic hydroxyl groups excluding tert-OH is 1. The standard InChI is InChI=1S/C14H27N3O2S/c1-11(2)20-10-14(19)17-8-12(13(18)9-17)16-6-4-15(3)5-7-16/h11-13,18H,4-10H2,1-3H3/t12-,13-/m1/s1. The molecule has 0 aromatic carbocycles. The highest BCUT2D eigenvalue weighted by molar-refractivity contribution is 8.00. The van der Waals surface area contributed by atoms with Crippen LogP contribution in [0.5, 0.6) is 0 Å². The van der Waals surface area contributed by atoms with E-state index in [2.05, 4.69) is 30.7 Å². The Morgan fingerprint density at radius 2 is 1.90 bits per heavy atom. The number of piperazine rings is 1. The first kappa shape index (κ1) is 16.1. The van der Waals surface area contributed by atoms with Crippen molar-refractivity contribution in [2.24, 2.45) is 0 Å². The molecule has 2 fully saturated rings. The van der Waals surface area contributed by atoms with Gasteiger partial charge >= 0.3 is 0 Å². The third-order valence-corrected chi connectivity index (χ3v) is 5.24. The van der Waals surface area contributed by atoms with Gasteiger partial charge in [-0.05, 0) is 12.3 Å². The summed E-state index contributed by atoms with van der Waals surface area (Å²) >= 11 is 1.67. The molecule has 0 bridgehead atoms. The molecule has 5 nitrogen and oxygen atoms in total. The first-order valence-electron chi connectivity index (χ1n) is 7.47. The first-order chi connectivity index (χ1) is 9.47. The zero-order chi connectivity index (χ0) is 14.7. The summed E-state index contributed by atoms with van der Waals surface area (Å²) in [4.78, 5) is 18.6. The number of hydrogen-bond acceptors (Lipinski definition) is 5. The maximum atomic E-state index is 12.1. The lowest BCUT2D eigenvalue weighted by Gasteiger charge is -2.37. The van der Waals surface area contributed by atoms with Crippen molar-refractivity contribution < 1.29 is 9.90 Å². The lowest BCUT2D eigenvalue weighted by Crippen LogP contribution is -2.52. The highest BCUT2D eigenvalue weighted by Crippen LogP contribution is 2.20. The quantitative estimate of drug-likeness (QED) is 0.789. The van der Waals surface area contributed by atoms with Crippen molar-refractivity contribution in [1.82, 2.24) is 14.7 Å². The molecule has 0 aliphatic carbocycles. The number of hydrogen-bond donors (Lipinski definition) is 1. The van der Waals surface area contributed by atoms with E-state index in [1.807, 2.05) is 4.90 Å². The van der Waals surface area contributed by atoms with E-state index in [4.69, 9.17) is 0 Å². The Labute approximate surface area is 126 Å². The van der Waals surface area contributed by atoms with Crippen LogP contribution in [0.1, 0.15) is 13.8 Å². The van der Waals surface area contributed by atoms with Crippen LogP contribution in [-0.4, -0.2) is 95.2 Å². The summed E-state index contributed by atoms with van der Waals surface area (Å²) in [6.45, 7) is 9.44. The van der Waals surface area contributed by atoms with Crippen LogP contribution in [0.25, 0.3) is 0 Å². The van der Waals surface area contributed by atoms with Crippen LogP contribution < -0.4 is 0 Å². The van der Waals surface area contributed by atoms with Crippen molar-refractivity contribution in [2.45, 2.75) is 31.2 Å². The van der Waals surface area contributed by atoms with Gasteiger partial charge in [0.05, 0.1) is 17.9 Å². The molecule has 1 amide bonds. The molecule has 116 valence electrons. The maximum absolute atomic E-state index is 12.1. The fourth-order valence-corrected chi connectivity index (χ4v) is 3.47. The molecule has 20 heavy (non-hydrogen) atoms. The van der Waals surface area contributed by atoms with Crippen LogP contribution in [0.4, 0.5) is 0 Å². The predicted octanol–water partition coefficient (Wildman–Crippen LogP) is -0.0529. The summed E-state index contributed by atoms with van der Waals surface area (Å²) in [5, 5.41) is 10.7. The number of nitrogens with zero attached hydrogens (tertiary/aromatic N) is 3. The smallest absolute Gasteiger partial charge is 0.232 e. The van der Waals surface area contributed by atoms with Gasteiger partial charge in [-0.25, -0.2) is 0 Å². The fraction of sp³-hybridized carbons (Fsp3) is 0.929. The summed E-state index contributed by atoms with van der Waals surface area (Å²) in [5.41, 5.74) is 0. The fourth-order valence-electron chi connectivity index (χ4n) is 2.81. The number of thioether (sulfide) groups is 1. The van der Waals surface area contributed by atoms with Gasteiger partial charge < -0.3 is 14.9 Å². The predicted molar refractivity (Wildman–Crippen MR) is 83.0 cm³/mol. The van der Waals surface area contributed by atoms with Gasteiger partial charge in [0.25, 0.3) is 0 Å². The Kier molecular flexibility index (Phi) is 5.72. The van der Waals surface area contributed by atoms with Crippen LogP contribution in [-0.2, 0) is 4.79 Å². The zero-order valence-corrected chi connectivity index (χ0v) is 13.6. The molecule has 6 heteroatoms. The minimum atomic E-state index is -0.397. The van der Waals surface area contributed by atoms with Crippen molar-refractivity contribution in [1.29, 1.82) is 0 Å². The molecule has 0 unspecified atom stereocenters. The molecule has 1 N–H and O–H groups in total. The van der Waals surface area contributed by atoms with E-state index in [0.717, 1.165) is 26.2 Å². The van der Waals surface area contributed by atoms with Crippen molar-refractivity contribution in [2.75, 3.05) is 52.1 Å². The molecule has 2 saturated heterocycles. The Morgan fingerprint density at radius 3 is 2.50 bits per heavy atom. The van der Waals surface area contributed by atoms with Crippen LogP contribution in [0.2, 0.25) is 0 Å². The van der Waals surface area contributed by atoms with Crippen LogP contribution >= 0.6 is 11.8 Å². The Morgan fingerprint density at radius 1 is 1.25 bits per heavy atom. The molecule has 0 radical (unpaired) electrons. The highest BCUT2D eigenvalue weighted by Gasteiger charge is 2.38. The van der Waals surface area contributed by atoms with Crippen LogP contribution in [0, 0.1) is 0 Å². The van der Waals surface area contributed by atoms with E-state index in [1.54, 1.807) is 11.8 Å². The molecule has 2 rings (SSSR count). The van der Waals surface area contributed by atoms with E-state index >= 15 is 0 Å². The van der Waals surface area contributed by atoms with Gasteiger partial charge in [0.1, 0.15) is 0 Å². The topological polar surface area (TPSA) is 47.0 Å². The van der Waals surface area contributed by atoms with E-state index in [9.17, 15) is 9.90 Å². The average Bonchev–Trinajstić information content (AvgIpc) is 2.79. The summed E-state index contributed by atoms with van der Waals surface area (Å²) in [5.74, 6) is 0.694. The second-order valence-electron chi connectivity index (χ2n) is 6.13. The molecule has 2 aliphatic heterocycles. The maximum Gasteiger partial charge on any atom is 0.232 e. The Bertz CT molecular complexity index is 332. The third kappa shape index (κ3) is 4.10. The summed E-state index contributed by atoms with van der Waals surface area (Å²) < 4.78 is 0. The summed E-state index contributed by atoms with van der Waals surface area (Å²) in [6.07, 6.45) is -0.397. The number of carbonyl (C=O) groups is 1. The number of aliphatic hydroxyl groups is 1. The van der Waals surface area contributed by atoms with Crippen molar-refractivity contribution >= 4 is 17.7 Å². The van der Waals surface area contributed by atoms with E-state index in [0.29, 0.717) is 24.1 Å². The number of carbonyl (C=O) groups excluding carboxylic acids is 1. The van der Waals surface area contributed by atoms with Crippen molar-refractivity contribution in [3.8, 4) is 0 Å². The van der Waals surface area contributed by atoms with Crippen molar-refractivity contribution in [3.63, 3.8) is 0 Å². The lowest BCUT2D eigenvalue weighted by atomic mass is 10.1. The summed E-state index contributed by atoms with van der Waals surface area (Å²) in [7, 11) is 2.13. The van der Waals surface area contributed by atoms with E-state index < -0.39 is 6.10 Å². The van der Waals surface area contributed by atoms with Crippen LogP contribution in [0.15, 0.2) is 0 Å². The molecule has 2 atom stereocenters. The molecule has 0 aromatic heterocycles. The first-order valence-corrected chi connectivity index (χ1v) is 8.52. The third-order valence-electron chi connectivity index (χ3n) is 4.16. The van der Waals surface area contributed by atoms with Gasteiger partial charge in [-0.15, -0.1) is 11.8 Å². The van der Waals surface area contributed by atoms with Crippen molar-refractivity contribution in [3.05, 3.63) is 0 Å². The minimum Gasteiger partial charge on any atom is -0.390 e. The van der Waals surface area contributed by atoms with E-state index in [1.165, 1.54) is 0 Å². The molecule has 0 saturated carbocycles. The van der Waals surface area contributed by atoms with Gasteiger partial charge in [0.2, 0.25) is 5.91 Å². The summed E-state index contributed by atoms with van der Waals surface area (Å²) in [6, 6.07) is 0.122. The number of likely N-dealkylation sites (N-methyl/N-ethyl adjacent to an activating group) is 1. The average molecular weight is 301 g/mol. The second kappa shape index (κ2) is 7.11. The lowest BCUT2D eigenvalue weighted by molar-refractivity contribution is -0.127. The number of β-amino-alcohol motifs (C(OH)–C–C–N with tert-alkyl or cyclic N) is 1. The SMILES string of the molecule is CC(C)SCC(=O)N1C[C@@H](O)[C@H](N2CCN(C)CC2)C1. The molecule has 2 heterocycles. The molecule has 0 aromatic rings. The van der Waals surface area contributed by atoms with Gasteiger partial charge in [-0.1, -0.05) is 13.8 Å². The number of likely N-dealkylation sites (tertiary alicyclic amines) is 1. The number of amides is 1. The Balaban J connectivity index is 1.83. The second-order valence-corrected chi connectivity index (χ2v) is 7.70. The zero-order valence-electron chi connectivity index (χ0n) is 12.8. The normalized spacial score (nSPS) is 29.4. The van der Waals surface area contributed by atoms with Gasteiger partial charge in [0, 0.05) is 39.3 Å². The minimum absolute atomic E-state index is 0.122. The number of rotatable bonds is 4. The molecular formula is C14H27N3O2S. The molecular weight excluding hydrogens is 274 g/mol. The van der Waals surface area contributed by atoms with Gasteiger partial charge in [0.15, 0.2) is 0 Å². The Hall–Kier alpha value is -0.300. The van der Waals surface area contributed by atoms with Gasteiger partial charge in [-0.3, -0.25) is 9.69 Å². The van der Waals surface area contributed by atoms with E-state index in [-0.39, 0.29) is 11.9 Å². The molecule has 2 aliphatic rings. The molecule has 0 spiro atoms.